The number of Topliss-reactive ketones (excluding diaryl/α,β-unsaturated/α-hetero) is 1. The summed E-state index contributed by atoms with van der Waals surface area (Å²) in [5.74, 6) is 0.166. The monoisotopic (exact) mass is 202 g/mol. The highest BCUT2D eigenvalue weighted by Crippen LogP contribution is 2.21. The minimum Gasteiger partial charge on any atom is -0.385 e. The molecule has 3 heteroatoms. The second kappa shape index (κ2) is 6.14. The van der Waals surface area contributed by atoms with Crippen molar-refractivity contribution in [3.63, 3.8) is 0 Å². The van der Waals surface area contributed by atoms with E-state index in [1.807, 2.05) is 20.8 Å². The predicted molar refractivity (Wildman–Crippen MR) is 56.4 cm³/mol. The smallest absolute Gasteiger partial charge is 0.167 e. The SMILES string of the molecule is CCC(C)(OC)C(=O)C(C)CCOC. The highest BCUT2D eigenvalue weighted by Gasteiger charge is 2.33. The number of methoxy groups -OCH3 is 2. The van der Waals surface area contributed by atoms with Crippen LogP contribution in [0.5, 0.6) is 0 Å². The van der Waals surface area contributed by atoms with E-state index in [0.29, 0.717) is 13.0 Å². The van der Waals surface area contributed by atoms with Crippen LogP contribution in [0.2, 0.25) is 0 Å². The summed E-state index contributed by atoms with van der Waals surface area (Å²) >= 11 is 0. The van der Waals surface area contributed by atoms with Gasteiger partial charge in [0, 0.05) is 26.7 Å². The molecule has 0 saturated carbocycles. The molecule has 0 aromatic carbocycles. The first-order chi connectivity index (χ1) is 6.51. The van der Waals surface area contributed by atoms with Gasteiger partial charge in [-0.2, -0.15) is 0 Å². The van der Waals surface area contributed by atoms with E-state index in [0.717, 1.165) is 6.42 Å². The molecule has 0 amide bonds. The number of hydrogen-bond acceptors (Lipinski definition) is 3. The van der Waals surface area contributed by atoms with Crippen molar-refractivity contribution in [1.29, 1.82) is 0 Å². The molecule has 0 aromatic rings. The molecule has 0 saturated heterocycles. The second-order valence-corrected chi connectivity index (χ2v) is 3.84. The Kier molecular flexibility index (Phi) is 5.96. The molecular weight excluding hydrogens is 180 g/mol. The lowest BCUT2D eigenvalue weighted by Gasteiger charge is -2.28. The van der Waals surface area contributed by atoms with E-state index in [1.54, 1.807) is 14.2 Å². The molecule has 0 heterocycles. The van der Waals surface area contributed by atoms with Gasteiger partial charge in [-0.05, 0) is 19.8 Å². The summed E-state index contributed by atoms with van der Waals surface area (Å²) in [6.45, 7) is 6.35. The summed E-state index contributed by atoms with van der Waals surface area (Å²) in [5.41, 5.74) is -0.632. The summed E-state index contributed by atoms with van der Waals surface area (Å²) in [7, 11) is 3.23. The summed E-state index contributed by atoms with van der Waals surface area (Å²) < 4.78 is 10.2. The van der Waals surface area contributed by atoms with Crippen LogP contribution in [-0.2, 0) is 14.3 Å². The van der Waals surface area contributed by atoms with Crippen molar-refractivity contribution < 1.29 is 14.3 Å². The molecular formula is C11H22O3. The lowest BCUT2D eigenvalue weighted by Crippen LogP contribution is -2.40. The van der Waals surface area contributed by atoms with Gasteiger partial charge in [0.25, 0.3) is 0 Å². The normalized spacial score (nSPS) is 17.5. The minimum atomic E-state index is -0.632. The molecule has 0 spiro atoms. The number of ketones is 1. The van der Waals surface area contributed by atoms with Gasteiger partial charge in [0.15, 0.2) is 5.78 Å². The van der Waals surface area contributed by atoms with Crippen LogP contribution in [0.3, 0.4) is 0 Å². The Hall–Kier alpha value is -0.410. The average molecular weight is 202 g/mol. The summed E-state index contributed by atoms with van der Waals surface area (Å²) in [4.78, 5) is 12.0. The maximum Gasteiger partial charge on any atom is 0.167 e. The van der Waals surface area contributed by atoms with Gasteiger partial charge in [-0.25, -0.2) is 0 Å². The summed E-state index contributed by atoms with van der Waals surface area (Å²) in [5, 5.41) is 0. The molecule has 3 nitrogen and oxygen atoms in total. The molecule has 84 valence electrons. The third-order valence-corrected chi connectivity index (χ3v) is 2.85. The maximum absolute atomic E-state index is 12.0. The second-order valence-electron chi connectivity index (χ2n) is 3.84. The topological polar surface area (TPSA) is 35.5 Å². The molecule has 0 aliphatic carbocycles. The molecule has 2 atom stereocenters. The van der Waals surface area contributed by atoms with Gasteiger partial charge in [0.2, 0.25) is 0 Å². The predicted octanol–water partition coefficient (Wildman–Crippen LogP) is 2.04. The standard InChI is InChI=1S/C11H22O3/c1-6-11(3,14-5)10(12)9(2)7-8-13-4/h9H,6-8H2,1-5H3. The van der Waals surface area contributed by atoms with Crippen molar-refractivity contribution in [2.75, 3.05) is 20.8 Å². The Bertz CT molecular complexity index is 173. The van der Waals surface area contributed by atoms with Crippen LogP contribution in [0, 0.1) is 5.92 Å². The summed E-state index contributed by atoms with van der Waals surface area (Å²) in [6, 6.07) is 0. The van der Waals surface area contributed by atoms with Gasteiger partial charge < -0.3 is 9.47 Å². The number of rotatable bonds is 7. The van der Waals surface area contributed by atoms with Gasteiger partial charge in [0.1, 0.15) is 5.60 Å². The van der Waals surface area contributed by atoms with Crippen LogP contribution < -0.4 is 0 Å². The molecule has 0 aliphatic heterocycles. The Balaban J connectivity index is 4.28. The zero-order chi connectivity index (χ0) is 11.2. The Labute approximate surface area is 86.8 Å². The van der Waals surface area contributed by atoms with Gasteiger partial charge in [-0.1, -0.05) is 13.8 Å². The summed E-state index contributed by atoms with van der Waals surface area (Å²) in [6.07, 6.45) is 1.47. The highest BCUT2D eigenvalue weighted by atomic mass is 16.5. The number of hydrogen-bond donors (Lipinski definition) is 0. The number of carbonyl (C=O) groups excluding carboxylic acids is 1. The zero-order valence-electron chi connectivity index (χ0n) is 9.92. The first-order valence-corrected chi connectivity index (χ1v) is 5.10. The first kappa shape index (κ1) is 13.6. The van der Waals surface area contributed by atoms with E-state index in [9.17, 15) is 4.79 Å². The molecule has 14 heavy (non-hydrogen) atoms. The zero-order valence-corrected chi connectivity index (χ0v) is 9.92. The van der Waals surface area contributed by atoms with E-state index in [4.69, 9.17) is 9.47 Å². The van der Waals surface area contributed by atoms with Crippen molar-refractivity contribution in [3.8, 4) is 0 Å². The van der Waals surface area contributed by atoms with Crippen LogP contribution in [0.4, 0.5) is 0 Å². The fourth-order valence-electron chi connectivity index (χ4n) is 1.37. The van der Waals surface area contributed by atoms with E-state index in [1.165, 1.54) is 0 Å². The molecule has 2 unspecified atom stereocenters. The minimum absolute atomic E-state index is 0.000139. The molecule has 0 aliphatic rings. The van der Waals surface area contributed by atoms with Gasteiger partial charge >= 0.3 is 0 Å². The first-order valence-electron chi connectivity index (χ1n) is 5.10. The van der Waals surface area contributed by atoms with E-state index in [-0.39, 0.29) is 11.7 Å². The number of ether oxygens (including phenoxy) is 2. The average Bonchev–Trinajstić information content (AvgIpc) is 2.23. The van der Waals surface area contributed by atoms with Crippen LogP contribution in [0.25, 0.3) is 0 Å². The third-order valence-electron chi connectivity index (χ3n) is 2.85. The van der Waals surface area contributed by atoms with Crippen LogP contribution in [0.1, 0.15) is 33.6 Å². The van der Waals surface area contributed by atoms with Crippen LogP contribution in [0.15, 0.2) is 0 Å². The van der Waals surface area contributed by atoms with E-state index in [2.05, 4.69) is 0 Å². The Morgan fingerprint density at radius 1 is 1.43 bits per heavy atom. The molecule has 0 N–H and O–H groups in total. The fourth-order valence-corrected chi connectivity index (χ4v) is 1.37. The van der Waals surface area contributed by atoms with Gasteiger partial charge in [0.05, 0.1) is 0 Å². The Morgan fingerprint density at radius 2 is 2.00 bits per heavy atom. The largest absolute Gasteiger partial charge is 0.385 e. The molecule has 0 fully saturated rings. The lowest BCUT2D eigenvalue weighted by molar-refractivity contribution is -0.143. The van der Waals surface area contributed by atoms with Crippen molar-refractivity contribution in [2.24, 2.45) is 5.92 Å². The van der Waals surface area contributed by atoms with Crippen LogP contribution in [-0.4, -0.2) is 32.2 Å². The number of carbonyl (C=O) groups is 1. The van der Waals surface area contributed by atoms with Crippen molar-refractivity contribution in [3.05, 3.63) is 0 Å². The highest BCUT2D eigenvalue weighted by molar-refractivity contribution is 5.88. The molecule has 0 aromatic heterocycles. The van der Waals surface area contributed by atoms with Crippen molar-refractivity contribution in [1.82, 2.24) is 0 Å². The van der Waals surface area contributed by atoms with Crippen LogP contribution >= 0.6 is 0 Å². The Morgan fingerprint density at radius 3 is 2.36 bits per heavy atom. The maximum atomic E-state index is 12.0. The molecule has 0 rings (SSSR count). The fraction of sp³-hybridized carbons (Fsp3) is 0.909. The molecule has 0 radical (unpaired) electrons. The quantitative estimate of drug-likeness (QED) is 0.633. The lowest BCUT2D eigenvalue weighted by atomic mass is 9.87. The molecule has 0 bridgehead atoms. The van der Waals surface area contributed by atoms with Gasteiger partial charge in [-0.15, -0.1) is 0 Å². The van der Waals surface area contributed by atoms with Crippen molar-refractivity contribution in [2.45, 2.75) is 39.2 Å². The van der Waals surface area contributed by atoms with E-state index >= 15 is 0 Å². The van der Waals surface area contributed by atoms with E-state index < -0.39 is 5.60 Å². The van der Waals surface area contributed by atoms with Crippen molar-refractivity contribution >= 4 is 5.78 Å². The van der Waals surface area contributed by atoms with Gasteiger partial charge in [-0.3, -0.25) is 4.79 Å². The third kappa shape index (κ3) is 3.39.